The average molecular weight is 385 g/mol. The lowest BCUT2D eigenvalue weighted by molar-refractivity contribution is -0.149. The van der Waals surface area contributed by atoms with Gasteiger partial charge in [0.15, 0.2) is 0 Å². The molecule has 1 fully saturated rings. The van der Waals surface area contributed by atoms with Crippen molar-refractivity contribution in [1.82, 2.24) is 15.5 Å². The van der Waals surface area contributed by atoms with E-state index in [1.54, 1.807) is 20.8 Å². The largest absolute Gasteiger partial charge is 0.468 e. The van der Waals surface area contributed by atoms with Crippen molar-refractivity contribution in [3.05, 3.63) is 0 Å². The fraction of sp³-hybridized carbons (Fsp3) is 0.778. The zero-order chi connectivity index (χ0) is 20.8. The lowest BCUT2D eigenvalue weighted by atomic mass is 9.76. The third kappa shape index (κ3) is 7.07. The number of methoxy groups -OCH3 is 1. The van der Waals surface area contributed by atoms with Crippen molar-refractivity contribution in [3.8, 4) is 0 Å². The van der Waals surface area contributed by atoms with Gasteiger partial charge in [-0.05, 0) is 39.0 Å². The lowest BCUT2D eigenvalue weighted by Gasteiger charge is -2.45. The maximum Gasteiger partial charge on any atom is 0.408 e. The Hall–Kier alpha value is -2.32. The molecule has 0 aliphatic carbocycles. The Bertz CT molecular complexity index is 582. The quantitative estimate of drug-likeness (QED) is 0.677. The van der Waals surface area contributed by atoms with Crippen LogP contribution in [0.3, 0.4) is 0 Å². The first-order valence-corrected chi connectivity index (χ1v) is 8.98. The van der Waals surface area contributed by atoms with Gasteiger partial charge in [0.2, 0.25) is 11.8 Å². The zero-order valence-electron chi connectivity index (χ0n) is 17.0. The number of hydrogen-bond acceptors (Lipinski definition) is 6. The molecule has 0 saturated carbocycles. The maximum absolute atomic E-state index is 12.6. The van der Waals surface area contributed by atoms with Gasteiger partial charge in [-0.15, -0.1) is 0 Å². The first-order chi connectivity index (χ1) is 12.4. The molecule has 0 spiro atoms. The lowest BCUT2D eigenvalue weighted by Crippen LogP contribution is -2.61. The molecule has 1 saturated heterocycles. The van der Waals surface area contributed by atoms with Gasteiger partial charge >= 0.3 is 12.1 Å². The number of rotatable bonds is 5. The Kier molecular flexibility index (Phi) is 7.62. The monoisotopic (exact) mass is 385 g/mol. The molecule has 2 N–H and O–H groups in total. The second kappa shape index (κ2) is 9.05. The molecule has 9 nitrogen and oxygen atoms in total. The SMILES string of the molecule is COC(=O)CNC(=O)C1N(C(=O)CNC(=O)OC(C)(C)C)CCCC1(C)C. The molecule has 1 atom stereocenters. The van der Waals surface area contributed by atoms with Crippen molar-refractivity contribution < 1.29 is 28.7 Å². The molecule has 1 heterocycles. The Balaban J connectivity index is 2.79. The molecule has 1 aliphatic rings. The van der Waals surface area contributed by atoms with E-state index in [4.69, 9.17) is 4.74 Å². The summed E-state index contributed by atoms with van der Waals surface area (Å²) in [5.74, 6) is -1.37. The number of amides is 3. The van der Waals surface area contributed by atoms with Crippen LogP contribution in [-0.4, -0.2) is 67.2 Å². The molecule has 0 radical (unpaired) electrons. The van der Waals surface area contributed by atoms with E-state index in [2.05, 4.69) is 15.4 Å². The number of nitrogens with one attached hydrogen (secondary N) is 2. The fourth-order valence-corrected chi connectivity index (χ4v) is 3.05. The molecule has 3 amide bonds. The Morgan fingerprint density at radius 2 is 1.74 bits per heavy atom. The standard InChI is InChI=1S/C18H31N3O6/c1-17(2,3)27-16(25)20-10-12(22)21-9-7-8-18(4,5)14(21)15(24)19-11-13(23)26-6/h14H,7-11H2,1-6H3,(H,19,24)(H,20,25). The number of piperidine rings is 1. The van der Waals surface area contributed by atoms with Gasteiger partial charge in [0.05, 0.1) is 7.11 Å². The van der Waals surface area contributed by atoms with E-state index in [1.165, 1.54) is 12.0 Å². The predicted molar refractivity (Wildman–Crippen MR) is 97.8 cm³/mol. The van der Waals surface area contributed by atoms with Crippen LogP contribution in [0, 0.1) is 5.41 Å². The van der Waals surface area contributed by atoms with E-state index in [9.17, 15) is 19.2 Å². The van der Waals surface area contributed by atoms with E-state index in [-0.39, 0.29) is 19.0 Å². The molecular weight excluding hydrogens is 354 g/mol. The maximum atomic E-state index is 12.6. The number of ether oxygens (including phenoxy) is 2. The smallest absolute Gasteiger partial charge is 0.408 e. The Morgan fingerprint density at radius 3 is 2.30 bits per heavy atom. The average Bonchev–Trinajstić information content (AvgIpc) is 2.54. The van der Waals surface area contributed by atoms with Crippen LogP contribution in [0.25, 0.3) is 0 Å². The summed E-state index contributed by atoms with van der Waals surface area (Å²) in [5.41, 5.74) is -1.14. The van der Waals surface area contributed by atoms with Crippen LogP contribution in [0.1, 0.15) is 47.5 Å². The van der Waals surface area contributed by atoms with Crippen LogP contribution < -0.4 is 10.6 Å². The van der Waals surface area contributed by atoms with E-state index >= 15 is 0 Å². The van der Waals surface area contributed by atoms with E-state index < -0.39 is 35.0 Å². The number of likely N-dealkylation sites (tertiary alicyclic amines) is 1. The molecule has 0 aromatic carbocycles. The third-order valence-corrected chi connectivity index (χ3v) is 4.26. The number of esters is 1. The normalized spacial score (nSPS) is 19.0. The van der Waals surface area contributed by atoms with Gasteiger partial charge in [-0.1, -0.05) is 13.8 Å². The van der Waals surface area contributed by atoms with Crippen LogP contribution in [0.4, 0.5) is 4.79 Å². The van der Waals surface area contributed by atoms with Gasteiger partial charge in [-0.25, -0.2) is 4.79 Å². The minimum absolute atomic E-state index is 0.264. The van der Waals surface area contributed by atoms with Gasteiger partial charge in [-0.2, -0.15) is 0 Å². The summed E-state index contributed by atoms with van der Waals surface area (Å²) in [4.78, 5) is 49.8. The zero-order valence-corrected chi connectivity index (χ0v) is 17.0. The third-order valence-electron chi connectivity index (χ3n) is 4.26. The van der Waals surface area contributed by atoms with Crippen molar-refractivity contribution in [1.29, 1.82) is 0 Å². The molecule has 0 aromatic rings. The molecule has 1 rings (SSSR count). The molecule has 9 heteroatoms. The summed E-state index contributed by atoms with van der Waals surface area (Å²) < 4.78 is 9.64. The van der Waals surface area contributed by atoms with E-state index in [0.29, 0.717) is 6.54 Å². The second-order valence-corrected chi connectivity index (χ2v) is 8.23. The summed E-state index contributed by atoms with van der Waals surface area (Å²) in [6.07, 6.45) is 0.803. The highest BCUT2D eigenvalue weighted by atomic mass is 16.6. The van der Waals surface area contributed by atoms with Crippen molar-refractivity contribution in [2.75, 3.05) is 26.7 Å². The van der Waals surface area contributed by atoms with Crippen LogP contribution in [-0.2, 0) is 23.9 Å². The highest BCUT2D eigenvalue weighted by Gasteiger charge is 2.44. The number of alkyl carbamates (subject to hydrolysis) is 1. The summed E-state index contributed by atoms with van der Waals surface area (Å²) in [6.45, 7) is 8.84. The van der Waals surface area contributed by atoms with Crippen LogP contribution in [0.5, 0.6) is 0 Å². The second-order valence-electron chi connectivity index (χ2n) is 8.23. The van der Waals surface area contributed by atoms with Crippen molar-refractivity contribution in [2.24, 2.45) is 5.41 Å². The topological polar surface area (TPSA) is 114 Å². The summed E-state index contributed by atoms with van der Waals surface area (Å²) in [7, 11) is 1.23. The molecule has 1 unspecified atom stereocenters. The Labute approximate surface area is 160 Å². The van der Waals surface area contributed by atoms with Crippen LogP contribution in [0.2, 0.25) is 0 Å². The molecule has 1 aliphatic heterocycles. The molecule has 27 heavy (non-hydrogen) atoms. The first-order valence-electron chi connectivity index (χ1n) is 8.98. The molecule has 0 bridgehead atoms. The first kappa shape index (κ1) is 22.7. The van der Waals surface area contributed by atoms with E-state index in [1.807, 2.05) is 13.8 Å². The predicted octanol–water partition coefficient (Wildman–Crippen LogP) is 0.818. The van der Waals surface area contributed by atoms with Gasteiger partial charge in [0.1, 0.15) is 24.7 Å². The van der Waals surface area contributed by atoms with Crippen molar-refractivity contribution in [3.63, 3.8) is 0 Å². The van der Waals surface area contributed by atoms with Gasteiger partial charge in [0, 0.05) is 6.54 Å². The van der Waals surface area contributed by atoms with E-state index in [0.717, 1.165) is 12.8 Å². The molecular formula is C18H31N3O6. The highest BCUT2D eigenvalue weighted by molar-refractivity contribution is 5.91. The fourth-order valence-electron chi connectivity index (χ4n) is 3.05. The van der Waals surface area contributed by atoms with Gasteiger partial charge in [0.25, 0.3) is 0 Å². The van der Waals surface area contributed by atoms with Crippen molar-refractivity contribution in [2.45, 2.75) is 59.1 Å². The van der Waals surface area contributed by atoms with Crippen LogP contribution in [0.15, 0.2) is 0 Å². The highest BCUT2D eigenvalue weighted by Crippen LogP contribution is 2.35. The number of nitrogens with zero attached hydrogens (tertiary/aromatic N) is 1. The summed E-state index contributed by atoms with van der Waals surface area (Å²) in [5, 5.41) is 4.94. The summed E-state index contributed by atoms with van der Waals surface area (Å²) in [6, 6.07) is -0.746. The van der Waals surface area contributed by atoms with Gasteiger partial charge < -0.3 is 25.0 Å². The minimum atomic E-state index is -0.746. The molecule has 154 valence electrons. The Morgan fingerprint density at radius 1 is 1.11 bits per heavy atom. The number of hydrogen-bond donors (Lipinski definition) is 2. The van der Waals surface area contributed by atoms with Crippen LogP contribution >= 0.6 is 0 Å². The van der Waals surface area contributed by atoms with Gasteiger partial charge in [-0.3, -0.25) is 14.4 Å². The molecule has 0 aromatic heterocycles. The van der Waals surface area contributed by atoms with Crippen molar-refractivity contribution >= 4 is 23.9 Å². The number of carbonyl (C=O) groups excluding carboxylic acids is 4. The number of carbonyl (C=O) groups is 4. The minimum Gasteiger partial charge on any atom is -0.468 e. The summed E-state index contributed by atoms with van der Waals surface area (Å²) >= 11 is 0.